The molecule has 2 rings (SSSR count). The molecule has 4 nitrogen and oxygen atoms in total. The lowest BCUT2D eigenvalue weighted by molar-refractivity contribution is -0.148. The molecule has 2 atom stereocenters. The smallest absolute Gasteiger partial charge is 0.305 e. The highest BCUT2D eigenvalue weighted by Crippen LogP contribution is 2.39. The standard InChI is InChI=1S/C16H27NO3/c1-12-7-6-8-13(12)15(20)17(2)16(11-14(18)19)9-4-3-5-10-16/h12-13H,3-11H2,1-2H3,(H,18,19). The summed E-state index contributed by atoms with van der Waals surface area (Å²) in [7, 11) is 1.83. The van der Waals surface area contributed by atoms with Gasteiger partial charge in [-0.3, -0.25) is 9.59 Å². The third kappa shape index (κ3) is 2.99. The van der Waals surface area contributed by atoms with Crippen LogP contribution in [0.5, 0.6) is 0 Å². The van der Waals surface area contributed by atoms with Crippen molar-refractivity contribution in [1.82, 2.24) is 4.90 Å². The quantitative estimate of drug-likeness (QED) is 0.861. The Hall–Kier alpha value is -1.06. The van der Waals surface area contributed by atoms with E-state index in [1.807, 2.05) is 11.9 Å². The highest BCUT2D eigenvalue weighted by Gasteiger charge is 2.43. The molecule has 0 aliphatic heterocycles. The molecule has 2 unspecified atom stereocenters. The number of nitrogens with zero attached hydrogens (tertiary/aromatic N) is 1. The molecular weight excluding hydrogens is 254 g/mol. The maximum atomic E-state index is 12.8. The SMILES string of the molecule is CC1CCCC1C(=O)N(C)C1(CC(=O)O)CCCCC1. The van der Waals surface area contributed by atoms with Crippen molar-refractivity contribution in [3.63, 3.8) is 0 Å². The molecule has 0 radical (unpaired) electrons. The molecule has 1 amide bonds. The number of carboxylic acids is 1. The van der Waals surface area contributed by atoms with E-state index in [-0.39, 0.29) is 18.2 Å². The first kappa shape index (κ1) is 15.3. The molecule has 0 aromatic rings. The van der Waals surface area contributed by atoms with Crippen LogP contribution in [0.4, 0.5) is 0 Å². The fraction of sp³-hybridized carbons (Fsp3) is 0.875. The van der Waals surface area contributed by atoms with Crippen LogP contribution in [0.15, 0.2) is 0 Å². The number of amides is 1. The van der Waals surface area contributed by atoms with E-state index in [1.165, 1.54) is 0 Å². The van der Waals surface area contributed by atoms with E-state index in [0.717, 1.165) is 51.4 Å². The summed E-state index contributed by atoms with van der Waals surface area (Å²) in [5, 5.41) is 9.24. The Balaban J connectivity index is 2.15. The van der Waals surface area contributed by atoms with Gasteiger partial charge in [-0.25, -0.2) is 0 Å². The molecule has 0 aromatic carbocycles. The zero-order chi connectivity index (χ0) is 14.8. The van der Waals surface area contributed by atoms with E-state index in [0.29, 0.717) is 5.92 Å². The zero-order valence-corrected chi connectivity index (χ0v) is 12.7. The molecule has 1 N–H and O–H groups in total. The lowest BCUT2D eigenvalue weighted by Crippen LogP contribution is -2.54. The van der Waals surface area contributed by atoms with E-state index in [1.54, 1.807) is 0 Å². The van der Waals surface area contributed by atoms with Crippen molar-refractivity contribution in [2.24, 2.45) is 11.8 Å². The predicted octanol–water partition coefficient (Wildman–Crippen LogP) is 3.06. The molecule has 2 fully saturated rings. The molecule has 2 aliphatic carbocycles. The first-order chi connectivity index (χ1) is 9.46. The van der Waals surface area contributed by atoms with Crippen molar-refractivity contribution in [1.29, 1.82) is 0 Å². The Bertz CT molecular complexity index is 374. The van der Waals surface area contributed by atoms with Crippen LogP contribution in [-0.4, -0.2) is 34.5 Å². The molecular formula is C16H27NO3. The summed E-state index contributed by atoms with van der Waals surface area (Å²) < 4.78 is 0. The molecule has 0 spiro atoms. The summed E-state index contributed by atoms with van der Waals surface area (Å²) >= 11 is 0. The minimum atomic E-state index is -0.786. The molecule has 0 aromatic heterocycles. The van der Waals surface area contributed by atoms with Crippen LogP contribution in [0.1, 0.15) is 64.7 Å². The van der Waals surface area contributed by atoms with Gasteiger partial charge in [0.2, 0.25) is 5.91 Å². The average Bonchev–Trinajstić information content (AvgIpc) is 2.83. The van der Waals surface area contributed by atoms with Crippen LogP contribution < -0.4 is 0 Å². The molecule has 114 valence electrons. The van der Waals surface area contributed by atoms with Crippen LogP contribution in [0.2, 0.25) is 0 Å². The van der Waals surface area contributed by atoms with Gasteiger partial charge in [0.05, 0.1) is 12.0 Å². The van der Waals surface area contributed by atoms with Gasteiger partial charge in [0.25, 0.3) is 0 Å². The third-order valence-electron chi connectivity index (χ3n) is 5.49. The van der Waals surface area contributed by atoms with Crippen molar-refractivity contribution >= 4 is 11.9 Å². The Morgan fingerprint density at radius 2 is 1.80 bits per heavy atom. The Morgan fingerprint density at radius 1 is 1.15 bits per heavy atom. The van der Waals surface area contributed by atoms with Gasteiger partial charge in [-0.1, -0.05) is 32.6 Å². The summed E-state index contributed by atoms with van der Waals surface area (Å²) in [5.74, 6) is -0.0628. The van der Waals surface area contributed by atoms with Gasteiger partial charge in [0.15, 0.2) is 0 Å². The topological polar surface area (TPSA) is 57.6 Å². The third-order valence-corrected chi connectivity index (χ3v) is 5.49. The van der Waals surface area contributed by atoms with Gasteiger partial charge in [0, 0.05) is 13.0 Å². The zero-order valence-electron chi connectivity index (χ0n) is 12.7. The van der Waals surface area contributed by atoms with Gasteiger partial charge in [-0.15, -0.1) is 0 Å². The molecule has 0 heterocycles. The lowest BCUT2D eigenvalue weighted by Gasteiger charge is -2.45. The number of carbonyl (C=O) groups excluding carboxylic acids is 1. The van der Waals surface area contributed by atoms with Gasteiger partial charge in [-0.05, 0) is 31.6 Å². The summed E-state index contributed by atoms with van der Waals surface area (Å²) in [4.78, 5) is 25.8. The number of hydrogen-bond donors (Lipinski definition) is 1. The van der Waals surface area contributed by atoms with E-state index < -0.39 is 11.5 Å². The second-order valence-corrected chi connectivity index (χ2v) is 6.77. The fourth-order valence-corrected chi connectivity index (χ4v) is 4.12. The maximum absolute atomic E-state index is 12.8. The normalized spacial score (nSPS) is 29.1. The lowest BCUT2D eigenvalue weighted by atomic mass is 9.77. The molecule has 0 bridgehead atoms. The van der Waals surface area contributed by atoms with Crippen molar-refractivity contribution < 1.29 is 14.7 Å². The number of rotatable bonds is 4. The number of carbonyl (C=O) groups is 2. The summed E-state index contributed by atoms with van der Waals surface area (Å²) in [6, 6.07) is 0. The highest BCUT2D eigenvalue weighted by atomic mass is 16.4. The minimum Gasteiger partial charge on any atom is -0.481 e. The first-order valence-electron chi connectivity index (χ1n) is 7.96. The molecule has 2 aliphatic rings. The van der Waals surface area contributed by atoms with Crippen molar-refractivity contribution in [2.75, 3.05) is 7.05 Å². The van der Waals surface area contributed by atoms with Gasteiger partial charge >= 0.3 is 5.97 Å². The average molecular weight is 281 g/mol. The van der Waals surface area contributed by atoms with Crippen LogP contribution >= 0.6 is 0 Å². The Morgan fingerprint density at radius 3 is 2.30 bits per heavy atom. The largest absolute Gasteiger partial charge is 0.481 e. The van der Waals surface area contributed by atoms with Crippen molar-refractivity contribution in [3.8, 4) is 0 Å². The molecule has 4 heteroatoms. The molecule has 0 saturated heterocycles. The maximum Gasteiger partial charge on any atom is 0.305 e. The van der Waals surface area contributed by atoms with Crippen LogP contribution in [0, 0.1) is 11.8 Å². The van der Waals surface area contributed by atoms with E-state index in [4.69, 9.17) is 0 Å². The monoisotopic (exact) mass is 281 g/mol. The van der Waals surface area contributed by atoms with E-state index in [9.17, 15) is 14.7 Å². The van der Waals surface area contributed by atoms with Crippen molar-refractivity contribution in [2.45, 2.75) is 70.3 Å². The summed E-state index contributed by atoms with van der Waals surface area (Å²) in [6.07, 6.45) is 8.20. The minimum absolute atomic E-state index is 0.0936. The highest BCUT2D eigenvalue weighted by molar-refractivity contribution is 5.81. The molecule has 20 heavy (non-hydrogen) atoms. The van der Waals surface area contributed by atoms with E-state index in [2.05, 4.69) is 6.92 Å². The van der Waals surface area contributed by atoms with Crippen LogP contribution in [0.3, 0.4) is 0 Å². The second kappa shape index (κ2) is 6.15. The van der Waals surface area contributed by atoms with Crippen LogP contribution in [0.25, 0.3) is 0 Å². The number of hydrogen-bond acceptors (Lipinski definition) is 2. The molecule has 2 saturated carbocycles. The predicted molar refractivity (Wildman–Crippen MR) is 77.3 cm³/mol. The van der Waals surface area contributed by atoms with Gasteiger partial charge in [0.1, 0.15) is 0 Å². The first-order valence-corrected chi connectivity index (χ1v) is 7.96. The Labute approximate surface area is 121 Å². The Kier molecular flexibility index (Phi) is 4.71. The van der Waals surface area contributed by atoms with Gasteiger partial charge in [-0.2, -0.15) is 0 Å². The summed E-state index contributed by atoms with van der Waals surface area (Å²) in [6.45, 7) is 2.15. The van der Waals surface area contributed by atoms with Crippen molar-refractivity contribution in [3.05, 3.63) is 0 Å². The fourth-order valence-electron chi connectivity index (χ4n) is 4.12. The second-order valence-electron chi connectivity index (χ2n) is 6.77. The van der Waals surface area contributed by atoms with Crippen LogP contribution in [-0.2, 0) is 9.59 Å². The van der Waals surface area contributed by atoms with Gasteiger partial charge < -0.3 is 10.0 Å². The number of carboxylic acid groups (broad SMARTS) is 1. The summed E-state index contributed by atoms with van der Waals surface area (Å²) in [5.41, 5.74) is -0.441. The van der Waals surface area contributed by atoms with E-state index >= 15 is 0 Å². The number of aliphatic carboxylic acids is 1.